The van der Waals surface area contributed by atoms with E-state index in [0.717, 1.165) is 11.3 Å². The van der Waals surface area contributed by atoms with Crippen molar-refractivity contribution in [3.8, 4) is 5.75 Å². The third-order valence-electron chi connectivity index (χ3n) is 5.85. The molecule has 1 aromatic carbocycles. The van der Waals surface area contributed by atoms with Crippen molar-refractivity contribution in [3.05, 3.63) is 29.8 Å². The van der Waals surface area contributed by atoms with Crippen LogP contribution in [0.2, 0.25) is 0 Å². The van der Waals surface area contributed by atoms with E-state index in [2.05, 4.69) is 0 Å². The van der Waals surface area contributed by atoms with E-state index in [4.69, 9.17) is 32.5 Å². The number of ether oxygens (including phenoxy) is 4. The summed E-state index contributed by atoms with van der Waals surface area (Å²) in [7, 11) is 0.0504. The fourth-order valence-corrected chi connectivity index (χ4v) is 4.97. The summed E-state index contributed by atoms with van der Waals surface area (Å²) in [4.78, 5) is 0. The molecule has 0 radical (unpaired) electrons. The average molecular weight is 428 g/mol. The summed E-state index contributed by atoms with van der Waals surface area (Å²) in [6.07, 6.45) is -2.62. The van der Waals surface area contributed by atoms with E-state index in [-0.39, 0.29) is 13.0 Å². The summed E-state index contributed by atoms with van der Waals surface area (Å²) in [5.74, 6) is 0.758. The van der Waals surface area contributed by atoms with Crippen LogP contribution in [0.15, 0.2) is 24.3 Å². The summed E-state index contributed by atoms with van der Waals surface area (Å²) < 4.78 is 40.7. The maximum Gasteiger partial charge on any atom is 0.336 e. The minimum absolute atomic E-state index is 0.267. The zero-order chi connectivity index (χ0) is 20.8. The fourth-order valence-electron chi connectivity index (χ4n) is 3.34. The van der Waals surface area contributed by atoms with Crippen molar-refractivity contribution in [1.29, 1.82) is 0 Å². The highest BCUT2D eigenvalue weighted by molar-refractivity contribution is 7.42. The molecule has 3 fully saturated rings. The van der Waals surface area contributed by atoms with Crippen molar-refractivity contribution in [2.24, 2.45) is 0 Å². The highest BCUT2D eigenvalue weighted by Crippen LogP contribution is 2.59. The second kappa shape index (κ2) is 8.02. The maximum absolute atomic E-state index is 10.7. The van der Waals surface area contributed by atoms with Crippen molar-refractivity contribution >= 4 is 8.60 Å². The van der Waals surface area contributed by atoms with Crippen LogP contribution < -0.4 is 4.74 Å². The fraction of sp³-hybridized carbons (Fsp3) is 0.700. The molecule has 9 heteroatoms. The van der Waals surface area contributed by atoms with Crippen molar-refractivity contribution < 1.29 is 37.6 Å². The molecule has 0 bridgehead atoms. The Balaban J connectivity index is 1.35. The zero-order valence-corrected chi connectivity index (χ0v) is 18.3. The molecule has 3 aliphatic heterocycles. The van der Waals surface area contributed by atoms with Crippen molar-refractivity contribution in [2.45, 2.75) is 76.2 Å². The Labute approximate surface area is 172 Å². The Morgan fingerprint density at radius 3 is 2.31 bits per heavy atom. The van der Waals surface area contributed by atoms with E-state index in [9.17, 15) is 5.11 Å². The molecule has 0 aromatic heterocycles. The standard InChI is InChI=1S/C20H29O8P/c1-19(2)20(3,4)28-29(27-19)26-16-10-14(21)17-15(24-16)11-23-18(25-17)12-6-8-13(22-5)9-7-12/h6-9,14-18,21H,10-11H2,1-5H3/t14-,15-,16?,17+,18?/m1/s1. The van der Waals surface area contributed by atoms with Crippen LogP contribution in [0.5, 0.6) is 5.75 Å². The predicted octanol–water partition coefficient (Wildman–Crippen LogP) is 3.43. The predicted molar refractivity (Wildman–Crippen MR) is 104 cm³/mol. The van der Waals surface area contributed by atoms with Gasteiger partial charge in [0.05, 0.1) is 19.8 Å². The van der Waals surface area contributed by atoms with Gasteiger partial charge in [-0.05, 0) is 39.8 Å². The second-order valence-electron chi connectivity index (χ2n) is 8.48. The number of aliphatic hydroxyl groups is 1. The Kier molecular flexibility index (Phi) is 5.92. The van der Waals surface area contributed by atoms with Gasteiger partial charge in [-0.25, -0.2) is 0 Å². The Morgan fingerprint density at radius 2 is 1.69 bits per heavy atom. The van der Waals surface area contributed by atoms with Gasteiger partial charge >= 0.3 is 8.60 Å². The van der Waals surface area contributed by atoms with E-state index in [1.807, 2.05) is 52.0 Å². The lowest BCUT2D eigenvalue weighted by molar-refractivity contribution is -0.328. The van der Waals surface area contributed by atoms with Gasteiger partial charge in [-0.15, -0.1) is 0 Å². The number of hydrogen-bond donors (Lipinski definition) is 1. The summed E-state index contributed by atoms with van der Waals surface area (Å²) >= 11 is 0. The van der Waals surface area contributed by atoms with E-state index in [1.165, 1.54) is 0 Å². The number of rotatable bonds is 4. The molecular weight excluding hydrogens is 399 g/mol. The molecule has 162 valence electrons. The zero-order valence-electron chi connectivity index (χ0n) is 17.4. The molecule has 0 saturated carbocycles. The normalized spacial score (nSPS) is 36.6. The van der Waals surface area contributed by atoms with E-state index < -0.39 is 50.7 Å². The summed E-state index contributed by atoms with van der Waals surface area (Å²) in [6, 6.07) is 7.45. The Morgan fingerprint density at radius 1 is 1.03 bits per heavy atom. The molecule has 1 N–H and O–H groups in total. The van der Waals surface area contributed by atoms with Crippen LogP contribution in [0.4, 0.5) is 0 Å². The number of methoxy groups -OCH3 is 1. The minimum Gasteiger partial charge on any atom is -0.497 e. The number of benzene rings is 1. The lowest BCUT2D eigenvalue weighted by Gasteiger charge is -2.44. The molecule has 3 heterocycles. The van der Waals surface area contributed by atoms with Gasteiger partial charge in [-0.1, -0.05) is 12.1 Å². The van der Waals surface area contributed by atoms with Crippen LogP contribution in [-0.2, 0) is 27.8 Å². The van der Waals surface area contributed by atoms with Crippen LogP contribution >= 0.6 is 8.60 Å². The largest absolute Gasteiger partial charge is 0.497 e. The summed E-state index contributed by atoms with van der Waals surface area (Å²) in [6.45, 7) is 8.15. The van der Waals surface area contributed by atoms with Gasteiger partial charge in [-0.2, -0.15) is 0 Å². The van der Waals surface area contributed by atoms with Crippen LogP contribution in [0.25, 0.3) is 0 Å². The van der Waals surface area contributed by atoms with Crippen molar-refractivity contribution in [3.63, 3.8) is 0 Å². The lowest BCUT2D eigenvalue weighted by atomic mass is 9.90. The van der Waals surface area contributed by atoms with Crippen molar-refractivity contribution in [2.75, 3.05) is 13.7 Å². The average Bonchev–Trinajstić information content (AvgIpc) is 2.87. The number of hydrogen-bond acceptors (Lipinski definition) is 8. The minimum atomic E-state index is -1.57. The van der Waals surface area contributed by atoms with Gasteiger partial charge in [0.1, 0.15) is 29.2 Å². The first-order valence-corrected chi connectivity index (χ1v) is 10.9. The molecule has 3 aliphatic rings. The third kappa shape index (κ3) is 4.31. The molecule has 0 amide bonds. The smallest absolute Gasteiger partial charge is 0.336 e. The van der Waals surface area contributed by atoms with Crippen LogP contribution in [0.3, 0.4) is 0 Å². The molecule has 3 saturated heterocycles. The molecule has 29 heavy (non-hydrogen) atoms. The highest BCUT2D eigenvalue weighted by atomic mass is 31.2. The van der Waals surface area contributed by atoms with Gasteiger partial charge in [0.2, 0.25) is 0 Å². The van der Waals surface area contributed by atoms with E-state index in [1.54, 1.807) is 7.11 Å². The monoisotopic (exact) mass is 428 g/mol. The first-order valence-electron chi connectivity index (χ1n) is 9.78. The third-order valence-corrected chi connectivity index (χ3v) is 7.46. The topological polar surface area (TPSA) is 84.8 Å². The molecule has 8 nitrogen and oxygen atoms in total. The molecule has 0 aliphatic carbocycles. The van der Waals surface area contributed by atoms with Crippen LogP contribution in [0.1, 0.15) is 46.0 Å². The first kappa shape index (κ1) is 21.4. The molecule has 2 unspecified atom stereocenters. The summed E-state index contributed by atoms with van der Waals surface area (Å²) in [5.41, 5.74) is -0.0931. The molecule has 4 rings (SSSR count). The SMILES string of the molecule is COc1ccc(C2OC[C@H]3OC(OP4OC(C)(C)C(C)(C)O4)C[C@@H](O)[C@@H]3O2)cc1. The molecule has 5 atom stereocenters. The van der Waals surface area contributed by atoms with Gasteiger partial charge in [0.25, 0.3) is 0 Å². The maximum atomic E-state index is 10.7. The molecule has 0 spiro atoms. The molecule has 1 aromatic rings. The van der Waals surface area contributed by atoms with Crippen LogP contribution in [0, 0.1) is 0 Å². The van der Waals surface area contributed by atoms with E-state index >= 15 is 0 Å². The highest BCUT2D eigenvalue weighted by Gasteiger charge is 2.53. The van der Waals surface area contributed by atoms with E-state index in [0.29, 0.717) is 0 Å². The Hall–Kier alpha value is -0.830. The first-order chi connectivity index (χ1) is 13.7. The number of fused-ring (bicyclic) bond motifs is 1. The number of aliphatic hydroxyl groups excluding tert-OH is 1. The van der Waals surface area contributed by atoms with Gasteiger partial charge in [0.15, 0.2) is 12.6 Å². The van der Waals surface area contributed by atoms with Gasteiger partial charge in [0, 0.05) is 12.0 Å². The van der Waals surface area contributed by atoms with Gasteiger partial charge < -0.3 is 33.1 Å². The lowest BCUT2D eigenvalue weighted by Crippen LogP contribution is -2.55. The quantitative estimate of drug-likeness (QED) is 0.731. The van der Waals surface area contributed by atoms with Crippen LogP contribution in [-0.4, -0.2) is 54.6 Å². The second-order valence-corrected chi connectivity index (χ2v) is 9.50. The Bertz CT molecular complexity index is 693. The van der Waals surface area contributed by atoms with Gasteiger partial charge in [-0.3, -0.25) is 4.52 Å². The molecular formula is C20H29O8P. The summed E-state index contributed by atoms with van der Waals surface area (Å²) in [5, 5.41) is 10.7. The van der Waals surface area contributed by atoms with Crippen molar-refractivity contribution in [1.82, 2.24) is 0 Å².